The number of fused-ring (bicyclic) bond motifs is 1. The number of nitrogens with one attached hydrogen (secondary N) is 1. The van der Waals surface area contributed by atoms with Crippen molar-refractivity contribution in [3.05, 3.63) is 50.9 Å². The first-order valence-electron chi connectivity index (χ1n) is 9.51. The van der Waals surface area contributed by atoms with Crippen LogP contribution in [0.3, 0.4) is 0 Å². The molecule has 0 spiro atoms. The van der Waals surface area contributed by atoms with E-state index in [1.807, 2.05) is 0 Å². The van der Waals surface area contributed by atoms with Crippen LogP contribution in [0, 0.1) is 5.82 Å². The van der Waals surface area contributed by atoms with E-state index in [-0.39, 0.29) is 40.8 Å². The Bertz CT molecular complexity index is 1300. The van der Waals surface area contributed by atoms with Crippen LogP contribution in [0.2, 0.25) is 0 Å². The maximum Gasteiger partial charge on any atom is 0.332 e. The monoisotopic (exact) mass is 461 g/mol. The predicted molar refractivity (Wildman–Crippen MR) is 116 cm³/mol. The molecule has 0 bridgehead atoms. The van der Waals surface area contributed by atoms with Crippen LogP contribution in [-0.2, 0) is 28.4 Å². The van der Waals surface area contributed by atoms with Crippen LogP contribution in [-0.4, -0.2) is 49.9 Å². The highest BCUT2D eigenvalue weighted by Gasteiger charge is 2.19. The lowest BCUT2D eigenvalue weighted by atomic mass is 10.2. The number of halogens is 1. The van der Waals surface area contributed by atoms with Crippen LogP contribution < -0.4 is 16.6 Å². The van der Waals surface area contributed by atoms with E-state index in [1.54, 1.807) is 6.92 Å². The van der Waals surface area contributed by atoms with Crippen molar-refractivity contribution in [3.63, 3.8) is 0 Å². The molecule has 2 heterocycles. The number of aryl methyl sites for hydroxylation is 1. The normalized spacial score (nSPS) is 10.9. The summed E-state index contributed by atoms with van der Waals surface area (Å²) in [5.74, 6) is -1.47. The molecule has 0 unspecified atom stereocenters. The molecule has 32 heavy (non-hydrogen) atoms. The number of rotatable bonds is 7. The summed E-state index contributed by atoms with van der Waals surface area (Å²) in [6.07, 6.45) is 0. The van der Waals surface area contributed by atoms with Crippen LogP contribution in [0.25, 0.3) is 22.4 Å². The average molecular weight is 461 g/mol. The first-order chi connectivity index (χ1) is 15.2. The maximum absolute atomic E-state index is 13.3. The van der Waals surface area contributed by atoms with Gasteiger partial charge in [0.2, 0.25) is 5.91 Å². The lowest BCUT2D eigenvalue weighted by molar-refractivity contribution is -0.143. The fourth-order valence-corrected chi connectivity index (χ4v) is 3.67. The Morgan fingerprint density at radius 3 is 2.47 bits per heavy atom. The van der Waals surface area contributed by atoms with E-state index in [0.29, 0.717) is 5.56 Å². The molecule has 1 aromatic carbocycles. The molecule has 0 aliphatic rings. The van der Waals surface area contributed by atoms with Crippen LogP contribution in [0.4, 0.5) is 4.39 Å². The molecule has 3 aromatic rings. The van der Waals surface area contributed by atoms with E-state index >= 15 is 0 Å². The van der Waals surface area contributed by atoms with Crippen LogP contribution in [0.5, 0.6) is 0 Å². The van der Waals surface area contributed by atoms with Crippen molar-refractivity contribution >= 4 is 34.7 Å². The Kier molecular flexibility index (Phi) is 7.03. The molecule has 1 N–H and O–H groups in total. The van der Waals surface area contributed by atoms with Gasteiger partial charge in [-0.05, 0) is 31.2 Å². The van der Waals surface area contributed by atoms with Crippen molar-refractivity contribution in [1.29, 1.82) is 0 Å². The Morgan fingerprint density at radius 2 is 1.81 bits per heavy atom. The Hall–Kier alpha value is -3.54. The van der Waals surface area contributed by atoms with Crippen LogP contribution >= 0.6 is 11.8 Å². The number of benzene rings is 1. The van der Waals surface area contributed by atoms with Gasteiger partial charge in [-0.25, -0.2) is 19.2 Å². The van der Waals surface area contributed by atoms with Gasteiger partial charge in [0.15, 0.2) is 11.5 Å². The summed E-state index contributed by atoms with van der Waals surface area (Å²) in [5.41, 5.74) is -0.630. The van der Waals surface area contributed by atoms with Gasteiger partial charge < -0.3 is 10.1 Å². The molecule has 0 aliphatic heterocycles. The predicted octanol–water partition coefficient (Wildman–Crippen LogP) is 0.605. The van der Waals surface area contributed by atoms with Gasteiger partial charge in [-0.15, -0.1) is 0 Å². The summed E-state index contributed by atoms with van der Waals surface area (Å²) in [6, 6.07) is 5.41. The molecule has 0 aliphatic carbocycles. The number of amides is 1. The largest absolute Gasteiger partial charge is 0.465 e. The number of carbonyl (C=O) groups excluding carboxylic acids is 2. The number of carbonyl (C=O) groups is 2. The number of aromatic nitrogens is 4. The van der Waals surface area contributed by atoms with Gasteiger partial charge in [0.1, 0.15) is 22.8 Å². The molecule has 12 heteroatoms. The van der Waals surface area contributed by atoms with Gasteiger partial charge >= 0.3 is 11.7 Å². The van der Waals surface area contributed by atoms with E-state index < -0.39 is 28.9 Å². The molecule has 10 nitrogen and oxygen atoms in total. The van der Waals surface area contributed by atoms with Gasteiger partial charge in [0.05, 0.1) is 12.4 Å². The zero-order chi connectivity index (χ0) is 23.4. The molecule has 0 saturated carbocycles. The number of thioether (sulfide) groups is 1. The van der Waals surface area contributed by atoms with Crippen molar-refractivity contribution in [2.75, 3.05) is 18.9 Å². The molecule has 0 fully saturated rings. The van der Waals surface area contributed by atoms with Crippen molar-refractivity contribution in [3.8, 4) is 11.4 Å². The van der Waals surface area contributed by atoms with Crippen molar-refractivity contribution in [2.45, 2.75) is 11.9 Å². The Labute approximate surface area is 185 Å². The number of nitrogens with zero attached hydrogens (tertiary/aromatic N) is 4. The maximum atomic E-state index is 13.3. The van der Waals surface area contributed by atoms with Crippen LogP contribution in [0.15, 0.2) is 38.9 Å². The van der Waals surface area contributed by atoms with Crippen molar-refractivity contribution < 1.29 is 18.7 Å². The summed E-state index contributed by atoms with van der Waals surface area (Å²) in [7, 11) is 2.80. The number of esters is 1. The first kappa shape index (κ1) is 23.1. The lowest BCUT2D eigenvalue weighted by Crippen LogP contribution is -2.37. The summed E-state index contributed by atoms with van der Waals surface area (Å²) in [5, 5.41) is 2.68. The molecular weight excluding hydrogens is 441 g/mol. The third kappa shape index (κ3) is 4.85. The zero-order valence-corrected chi connectivity index (χ0v) is 18.4. The highest BCUT2D eigenvalue weighted by Crippen LogP contribution is 2.26. The summed E-state index contributed by atoms with van der Waals surface area (Å²) >= 11 is 0.954. The van der Waals surface area contributed by atoms with Crippen molar-refractivity contribution in [2.24, 2.45) is 14.1 Å². The smallest absolute Gasteiger partial charge is 0.332 e. The van der Waals surface area contributed by atoms with E-state index in [1.165, 1.54) is 42.9 Å². The van der Waals surface area contributed by atoms with Crippen molar-refractivity contribution in [1.82, 2.24) is 24.4 Å². The second kappa shape index (κ2) is 9.73. The minimum absolute atomic E-state index is 0.0728. The first-order valence-corrected chi connectivity index (χ1v) is 10.5. The highest BCUT2D eigenvalue weighted by molar-refractivity contribution is 8.00. The Morgan fingerprint density at radius 1 is 1.12 bits per heavy atom. The van der Waals surface area contributed by atoms with Gasteiger partial charge in [-0.1, -0.05) is 11.8 Å². The van der Waals surface area contributed by atoms with E-state index in [9.17, 15) is 23.6 Å². The highest BCUT2D eigenvalue weighted by atomic mass is 32.2. The Balaban J connectivity index is 2.02. The third-order valence-electron chi connectivity index (χ3n) is 4.44. The topological polar surface area (TPSA) is 125 Å². The van der Waals surface area contributed by atoms with Gasteiger partial charge in [-0.3, -0.25) is 23.5 Å². The third-order valence-corrected chi connectivity index (χ3v) is 5.42. The quantitative estimate of drug-likeness (QED) is 0.308. The molecule has 3 rings (SSSR count). The molecule has 0 atom stereocenters. The SMILES string of the molecule is CCOC(=O)CNC(=O)CSc1nc(-c2ccc(F)cc2)nc2c1c(=O)n(C)c(=O)n2C. The molecule has 2 aromatic heterocycles. The minimum atomic E-state index is -0.608. The van der Waals surface area contributed by atoms with Crippen LogP contribution in [0.1, 0.15) is 6.92 Å². The molecule has 0 radical (unpaired) electrons. The zero-order valence-electron chi connectivity index (χ0n) is 17.5. The summed E-state index contributed by atoms with van der Waals surface area (Å²) in [6.45, 7) is 1.57. The van der Waals surface area contributed by atoms with Gasteiger partial charge in [0, 0.05) is 19.7 Å². The van der Waals surface area contributed by atoms with E-state index in [4.69, 9.17) is 4.74 Å². The van der Waals surface area contributed by atoms with Gasteiger partial charge in [-0.2, -0.15) is 0 Å². The fraction of sp³-hybridized carbons (Fsp3) is 0.300. The van der Waals surface area contributed by atoms with Gasteiger partial charge in [0.25, 0.3) is 5.56 Å². The second-order valence-corrected chi connectivity index (χ2v) is 7.60. The van der Waals surface area contributed by atoms with E-state index in [2.05, 4.69) is 15.3 Å². The molecule has 168 valence electrons. The molecule has 0 saturated heterocycles. The fourth-order valence-electron chi connectivity index (χ4n) is 2.83. The molecule has 1 amide bonds. The number of hydrogen-bond acceptors (Lipinski definition) is 8. The molecular formula is C20H20FN5O5S. The minimum Gasteiger partial charge on any atom is -0.465 e. The number of ether oxygens (including phenoxy) is 1. The van der Waals surface area contributed by atoms with E-state index in [0.717, 1.165) is 16.3 Å². The standard InChI is InChI=1S/C20H20FN5O5S/c1-4-31-14(28)9-22-13(27)10-32-18-15-17(25(2)20(30)26(3)19(15)29)23-16(24-18)11-5-7-12(21)8-6-11/h5-8H,4,9-10H2,1-3H3,(H,22,27). The average Bonchev–Trinajstić information content (AvgIpc) is 2.78. The lowest BCUT2D eigenvalue weighted by Gasteiger charge is -2.12. The summed E-state index contributed by atoms with van der Waals surface area (Å²) in [4.78, 5) is 57.5. The summed E-state index contributed by atoms with van der Waals surface area (Å²) < 4.78 is 20.2. The second-order valence-electron chi connectivity index (χ2n) is 6.63. The number of hydrogen-bond donors (Lipinski definition) is 1.